The number of ether oxygens (including phenoxy) is 1. The molecule has 0 unspecified atom stereocenters. The van der Waals surface area contributed by atoms with E-state index in [-0.39, 0.29) is 12.2 Å². The molecule has 0 aliphatic carbocycles. The van der Waals surface area contributed by atoms with E-state index in [1.807, 2.05) is 0 Å². The maximum Gasteiger partial charge on any atom is 0.408 e. The summed E-state index contributed by atoms with van der Waals surface area (Å²) in [4.78, 5) is 22.9. The van der Waals surface area contributed by atoms with Gasteiger partial charge in [0.05, 0.1) is 0 Å². The van der Waals surface area contributed by atoms with Crippen molar-refractivity contribution < 1.29 is 28.2 Å². The maximum atomic E-state index is 13.6. The van der Waals surface area contributed by atoms with Gasteiger partial charge in [0.25, 0.3) is 0 Å². The number of rotatable bonds is 6. The molecule has 2 aromatic rings. The summed E-state index contributed by atoms with van der Waals surface area (Å²) >= 11 is 0. The highest BCUT2D eigenvalue weighted by Gasteiger charge is 2.23. The molecule has 7 heteroatoms. The Hall–Kier alpha value is -2.96. The summed E-state index contributed by atoms with van der Waals surface area (Å²) in [7, 11) is 0. The molecular weight excluding hydrogens is 320 g/mol. The zero-order chi connectivity index (χ0) is 17.5. The van der Waals surface area contributed by atoms with E-state index in [4.69, 9.17) is 9.84 Å². The second-order valence-electron chi connectivity index (χ2n) is 5.01. The Morgan fingerprint density at radius 1 is 1.08 bits per heavy atom. The molecule has 2 N–H and O–H groups in total. The van der Waals surface area contributed by atoms with Crippen molar-refractivity contribution >= 4 is 12.1 Å². The molecule has 1 atom stereocenters. The first-order valence-electron chi connectivity index (χ1n) is 7.10. The minimum absolute atomic E-state index is 0.0344. The number of carbonyl (C=O) groups excluding carboxylic acids is 1. The van der Waals surface area contributed by atoms with Crippen LogP contribution in [0.4, 0.5) is 13.6 Å². The number of benzene rings is 2. The highest BCUT2D eigenvalue weighted by Crippen LogP contribution is 2.13. The number of nitrogens with one attached hydrogen (secondary N) is 1. The van der Waals surface area contributed by atoms with Crippen LogP contribution >= 0.6 is 0 Å². The fourth-order valence-corrected chi connectivity index (χ4v) is 2.03. The Bertz CT molecular complexity index is 722. The lowest BCUT2D eigenvalue weighted by Crippen LogP contribution is -2.42. The van der Waals surface area contributed by atoms with Crippen LogP contribution in [0.15, 0.2) is 48.5 Å². The van der Waals surface area contributed by atoms with Crippen molar-refractivity contribution in [1.82, 2.24) is 5.32 Å². The third kappa shape index (κ3) is 4.77. The molecule has 5 nitrogen and oxygen atoms in total. The van der Waals surface area contributed by atoms with E-state index >= 15 is 0 Å². The van der Waals surface area contributed by atoms with Gasteiger partial charge in [-0.2, -0.15) is 0 Å². The average molecular weight is 335 g/mol. The van der Waals surface area contributed by atoms with Crippen LogP contribution in [0.2, 0.25) is 0 Å². The molecule has 0 aliphatic rings. The van der Waals surface area contributed by atoms with Crippen molar-refractivity contribution in [3.8, 4) is 0 Å². The molecule has 0 fully saturated rings. The molecule has 126 valence electrons. The Morgan fingerprint density at radius 3 is 2.46 bits per heavy atom. The average Bonchev–Trinajstić information content (AvgIpc) is 2.57. The molecule has 0 radical (unpaired) electrons. The first kappa shape index (κ1) is 17.4. The number of aliphatic carboxylic acids is 1. The fraction of sp³-hybridized carbons (Fsp3) is 0.176. The predicted octanol–water partition coefficient (Wildman–Crippen LogP) is 2.89. The quantitative estimate of drug-likeness (QED) is 0.851. The Labute approximate surface area is 136 Å². The summed E-state index contributed by atoms with van der Waals surface area (Å²) in [5, 5.41) is 11.3. The monoisotopic (exact) mass is 335 g/mol. The summed E-state index contributed by atoms with van der Waals surface area (Å²) in [6.07, 6.45) is -1.36. The number of carboxylic acid groups (broad SMARTS) is 1. The topological polar surface area (TPSA) is 75.6 Å². The van der Waals surface area contributed by atoms with Gasteiger partial charge in [-0.25, -0.2) is 18.4 Å². The first-order valence-corrected chi connectivity index (χ1v) is 7.10. The van der Waals surface area contributed by atoms with E-state index in [0.717, 1.165) is 11.6 Å². The van der Waals surface area contributed by atoms with Gasteiger partial charge in [0.2, 0.25) is 0 Å². The van der Waals surface area contributed by atoms with E-state index in [0.29, 0.717) is 0 Å². The largest absolute Gasteiger partial charge is 0.480 e. The van der Waals surface area contributed by atoms with Gasteiger partial charge in [0, 0.05) is 6.42 Å². The molecule has 0 spiro atoms. The number of carboxylic acids is 1. The Morgan fingerprint density at radius 2 is 1.79 bits per heavy atom. The second-order valence-corrected chi connectivity index (χ2v) is 5.01. The summed E-state index contributed by atoms with van der Waals surface area (Å²) < 4.78 is 31.7. The van der Waals surface area contributed by atoms with E-state index in [2.05, 4.69) is 5.32 Å². The Kier molecular flexibility index (Phi) is 5.83. The zero-order valence-corrected chi connectivity index (χ0v) is 12.5. The normalized spacial score (nSPS) is 11.6. The smallest absolute Gasteiger partial charge is 0.408 e. The standard InChI is InChI=1S/C17H15F2NO4/c18-13-8-4-7-12(15(13)19)9-14(16(21)22)20-17(23)24-10-11-5-2-1-3-6-11/h1-8,14H,9-10H2,(H,20,23)(H,21,22)/t14-/m0/s1. The molecule has 1 amide bonds. The van der Waals surface area contributed by atoms with Gasteiger partial charge < -0.3 is 15.2 Å². The number of halogens is 2. The molecular formula is C17H15F2NO4. The summed E-state index contributed by atoms with van der Waals surface area (Å²) in [5.41, 5.74) is 0.585. The van der Waals surface area contributed by atoms with Crippen molar-refractivity contribution in [3.63, 3.8) is 0 Å². The third-order valence-corrected chi connectivity index (χ3v) is 3.26. The molecule has 0 saturated heterocycles. The number of hydrogen-bond acceptors (Lipinski definition) is 3. The number of carbonyl (C=O) groups is 2. The van der Waals surface area contributed by atoms with Crippen molar-refractivity contribution in [2.45, 2.75) is 19.1 Å². The van der Waals surface area contributed by atoms with Crippen molar-refractivity contribution in [2.75, 3.05) is 0 Å². The highest BCUT2D eigenvalue weighted by atomic mass is 19.2. The molecule has 0 saturated carbocycles. The minimum Gasteiger partial charge on any atom is -0.480 e. The van der Waals surface area contributed by atoms with Gasteiger partial charge in [-0.15, -0.1) is 0 Å². The van der Waals surface area contributed by atoms with Crippen molar-refractivity contribution in [3.05, 3.63) is 71.3 Å². The molecule has 2 rings (SSSR count). The zero-order valence-electron chi connectivity index (χ0n) is 12.5. The van der Waals surface area contributed by atoms with Crippen LogP contribution in [0.1, 0.15) is 11.1 Å². The van der Waals surface area contributed by atoms with Gasteiger partial charge in [0.1, 0.15) is 12.6 Å². The SMILES string of the molecule is O=C(N[C@@H](Cc1cccc(F)c1F)C(=O)O)OCc1ccccc1. The molecule has 0 bridgehead atoms. The second kappa shape index (κ2) is 8.05. The third-order valence-electron chi connectivity index (χ3n) is 3.26. The number of hydrogen-bond donors (Lipinski definition) is 2. The lowest BCUT2D eigenvalue weighted by Gasteiger charge is -2.15. The van der Waals surface area contributed by atoms with Gasteiger partial charge in [-0.05, 0) is 17.2 Å². The van der Waals surface area contributed by atoms with E-state index < -0.39 is 36.2 Å². The van der Waals surface area contributed by atoms with E-state index in [1.54, 1.807) is 30.3 Å². The van der Waals surface area contributed by atoms with E-state index in [9.17, 15) is 18.4 Å². The molecule has 0 aliphatic heterocycles. The molecule has 0 heterocycles. The van der Waals surface area contributed by atoms with Crippen LogP contribution in [-0.2, 0) is 22.6 Å². The van der Waals surface area contributed by atoms with Crippen LogP contribution in [0, 0.1) is 11.6 Å². The van der Waals surface area contributed by atoms with Crippen LogP contribution in [0.25, 0.3) is 0 Å². The van der Waals surface area contributed by atoms with Crippen LogP contribution in [0.3, 0.4) is 0 Å². The predicted molar refractivity (Wildman–Crippen MR) is 81.2 cm³/mol. The lowest BCUT2D eigenvalue weighted by molar-refractivity contribution is -0.139. The van der Waals surface area contributed by atoms with Gasteiger partial charge in [-0.1, -0.05) is 42.5 Å². The summed E-state index contributed by atoms with van der Waals surface area (Å²) in [5.74, 6) is -3.60. The molecule has 24 heavy (non-hydrogen) atoms. The van der Waals surface area contributed by atoms with Crippen LogP contribution < -0.4 is 5.32 Å². The maximum absolute atomic E-state index is 13.6. The molecule has 0 aromatic heterocycles. The van der Waals surface area contributed by atoms with Crippen LogP contribution in [0.5, 0.6) is 0 Å². The first-order chi connectivity index (χ1) is 11.5. The number of amides is 1. The van der Waals surface area contributed by atoms with Crippen LogP contribution in [-0.4, -0.2) is 23.2 Å². The van der Waals surface area contributed by atoms with Gasteiger partial charge in [0.15, 0.2) is 11.6 Å². The van der Waals surface area contributed by atoms with Crippen molar-refractivity contribution in [2.24, 2.45) is 0 Å². The number of alkyl carbamates (subject to hydrolysis) is 1. The Balaban J connectivity index is 1.96. The lowest BCUT2D eigenvalue weighted by atomic mass is 10.1. The van der Waals surface area contributed by atoms with Gasteiger partial charge >= 0.3 is 12.1 Å². The molecule has 2 aromatic carbocycles. The fourth-order valence-electron chi connectivity index (χ4n) is 2.03. The van der Waals surface area contributed by atoms with Gasteiger partial charge in [-0.3, -0.25) is 0 Å². The summed E-state index contributed by atoms with van der Waals surface area (Å²) in [6, 6.07) is 10.8. The van der Waals surface area contributed by atoms with E-state index in [1.165, 1.54) is 12.1 Å². The highest BCUT2D eigenvalue weighted by molar-refractivity contribution is 5.80. The minimum atomic E-state index is -1.44. The van der Waals surface area contributed by atoms with Crippen molar-refractivity contribution in [1.29, 1.82) is 0 Å². The summed E-state index contributed by atoms with van der Waals surface area (Å²) in [6.45, 7) is -0.0344.